The van der Waals surface area contributed by atoms with Gasteiger partial charge in [-0.1, -0.05) is 13.0 Å². The van der Waals surface area contributed by atoms with Crippen molar-refractivity contribution in [1.29, 1.82) is 0 Å². The molecule has 0 fully saturated rings. The predicted octanol–water partition coefficient (Wildman–Crippen LogP) is 2.59. The van der Waals surface area contributed by atoms with Crippen LogP contribution in [0, 0.1) is 17.5 Å². The van der Waals surface area contributed by atoms with Gasteiger partial charge in [0.1, 0.15) is 36.2 Å². The van der Waals surface area contributed by atoms with Gasteiger partial charge in [0.15, 0.2) is 5.82 Å². The molecule has 3 aromatic heterocycles. The first-order valence-electron chi connectivity index (χ1n) is 8.80. The van der Waals surface area contributed by atoms with E-state index in [1.165, 1.54) is 24.3 Å². The molecule has 0 radical (unpaired) electrons. The lowest BCUT2D eigenvalue weighted by atomic mass is 9.79. The van der Waals surface area contributed by atoms with Crippen LogP contribution in [-0.4, -0.2) is 39.8 Å². The third-order valence-electron chi connectivity index (χ3n) is 4.50. The van der Waals surface area contributed by atoms with E-state index in [1.807, 2.05) is 0 Å². The van der Waals surface area contributed by atoms with Crippen LogP contribution in [0.3, 0.4) is 0 Å². The smallest absolute Gasteiger partial charge is 0.163 e. The van der Waals surface area contributed by atoms with Crippen LogP contribution in [-0.2, 0) is 12.1 Å². The number of H-pyrrole nitrogens is 1. The molecular weight excluding hydrogens is 399 g/mol. The van der Waals surface area contributed by atoms with Crippen LogP contribution >= 0.6 is 0 Å². The van der Waals surface area contributed by atoms with Crippen LogP contribution in [0.2, 0.25) is 0 Å². The summed E-state index contributed by atoms with van der Waals surface area (Å²) < 4.78 is 43.0. The molecule has 4 rings (SSSR count). The Kier molecular flexibility index (Phi) is 6.52. The quantitative estimate of drug-likeness (QED) is 0.517. The van der Waals surface area contributed by atoms with Crippen molar-refractivity contribution in [2.75, 3.05) is 0 Å². The summed E-state index contributed by atoms with van der Waals surface area (Å²) in [6.07, 6.45) is 9.74. The Labute approximate surface area is 169 Å². The molecule has 3 heterocycles. The average Bonchev–Trinajstić information content (AvgIpc) is 3.44. The molecule has 156 valence electrons. The molecule has 30 heavy (non-hydrogen) atoms. The fourth-order valence-electron chi connectivity index (χ4n) is 2.94. The molecule has 2 N–H and O–H groups in total. The van der Waals surface area contributed by atoms with Crippen molar-refractivity contribution in [2.24, 2.45) is 0 Å². The second-order valence-electron chi connectivity index (χ2n) is 6.38. The summed E-state index contributed by atoms with van der Waals surface area (Å²) >= 11 is 0. The molecule has 0 aliphatic carbocycles. The fraction of sp³-hybridized carbons (Fsp3) is 0.211. The molecule has 0 amide bonds. The monoisotopic (exact) mass is 417 g/mol. The molecule has 11 heteroatoms. The SMILES string of the molecule is CC(c1ncncc1F)C(O)(Cn1cncn1)c1ccc(F)cc1F.c1c[nH]cn1. The Bertz CT molecular complexity index is 1040. The predicted molar refractivity (Wildman–Crippen MR) is 99.3 cm³/mol. The molecule has 2 atom stereocenters. The van der Waals surface area contributed by atoms with Gasteiger partial charge in [-0.2, -0.15) is 5.10 Å². The molecule has 0 spiro atoms. The number of aliphatic hydroxyl groups is 1. The minimum absolute atomic E-state index is 0.0960. The third kappa shape index (κ3) is 4.69. The van der Waals surface area contributed by atoms with Crippen molar-refractivity contribution in [3.63, 3.8) is 0 Å². The molecule has 1 aromatic carbocycles. The topological polar surface area (TPSA) is 105 Å². The van der Waals surface area contributed by atoms with Crippen molar-refractivity contribution in [3.8, 4) is 0 Å². The Balaban J connectivity index is 0.000000448. The van der Waals surface area contributed by atoms with E-state index in [9.17, 15) is 18.3 Å². The Morgan fingerprint density at radius 2 is 1.97 bits per heavy atom. The zero-order valence-electron chi connectivity index (χ0n) is 15.8. The standard InChI is InChI=1S/C16H14F3N5O.C3H4N2/c1-10(15-14(19)5-20-7-22-15)16(25,6-24-9-21-8-23-24)12-3-2-11(17)4-13(12)18;1-2-5-3-4-1/h2-5,7-10,25H,6H2,1H3;1-3H,(H,4,5). The van der Waals surface area contributed by atoms with E-state index >= 15 is 0 Å². The van der Waals surface area contributed by atoms with Crippen molar-refractivity contribution in [1.82, 2.24) is 34.7 Å². The normalized spacial score (nSPS) is 13.8. The van der Waals surface area contributed by atoms with E-state index < -0.39 is 29.0 Å². The van der Waals surface area contributed by atoms with Crippen molar-refractivity contribution in [3.05, 3.63) is 90.8 Å². The molecule has 0 aliphatic heterocycles. The van der Waals surface area contributed by atoms with E-state index in [0.29, 0.717) is 6.07 Å². The van der Waals surface area contributed by atoms with E-state index in [-0.39, 0.29) is 17.8 Å². The number of hydrogen-bond donors (Lipinski definition) is 2. The van der Waals surface area contributed by atoms with Gasteiger partial charge in [0.25, 0.3) is 0 Å². The summed E-state index contributed by atoms with van der Waals surface area (Å²) in [5.41, 5.74) is -2.25. The van der Waals surface area contributed by atoms with Gasteiger partial charge in [0, 0.05) is 29.9 Å². The highest BCUT2D eigenvalue weighted by Crippen LogP contribution is 2.39. The molecule has 8 nitrogen and oxygen atoms in total. The average molecular weight is 417 g/mol. The van der Waals surface area contributed by atoms with Crippen LogP contribution in [0.25, 0.3) is 0 Å². The summed E-state index contributed by atoms with van der Waals surface area (Å²) in [4.78, 5) is 17.6. The van der Waals surface area contributed by atoms with Gasteiger partial charge in [-0.05, 0) is 6.07 Å². The minimum Gasteiger partial charge on any atom is -0.382 e. The number of benzene rings is 1. The fourth-order valence-corrected chi connectivity index (χ4v) is 2.94. The number of aromatic amines is 1. The van der Waals surface area contributed by atoms with E-state index in [1.54, 1.807) is 18.7 Å². The number of nitrogens with zero attached hydrogens (tertiary/aromatic N) is 6. The highest BCUT2D eigenvalue weighted by atomic mass is 19.1. The van der Waals surface area contributed by atoms with Gasteiger partial charge in [0.2, 0.25) is 0 Å². The lowest BCUT2D eigenvalue weighted by Crippen LogP contribution is -2.39. The van der Waals surface area contributed by atoms with Crippen LogP contribution in [0.15, 0.2) is 62.1 Å². The molecule has 0 saturated carbocycles. The van der Waals surface area contributed by atoms with E-state index in [0.717, 1.165) is 24.7 Å². The maximum absolute atomic E-state index is 14.4. The van der Waals surface area contributed by atoms with Gasteiger partial charge in [0.05, 0.1) is 24.8 Å². The summed E-state index contributed by atoms with van der Waals surface area (Å²) in [5.74, 6) is -3.47. The maximum atomic E-state index is 14.4. The zero-order valence-corrected chi connectivity index (χ0v) is 15.8. The number of halogens is 3. The maximum Gasteiger partial charge on any atom is 0.163 e. The number of aromatic nitrogens is 7. The number of imidazole rings is 1. The van der Waals surface area contributed by atoms with Crippen LogP contribution in [0.1, 0.15) is 24.1 Å². The number of hydrogen-bond acceptors (Lipinski definition) is 6. The third-order valence-corrected chi connectivity index (χ3v) is 4.50. The molecular formula is C19H18F3N7O. The summed E-state index contributed by atoms with van der Waals surface area (Å²) in [6, 6.07) is 2.80. The lowest BCUT2D eigenvalue weighted by Gasteiger charge is -2.34. The van der Waals surface area contributed by atoms with Gasteiger partial charge in [-0.25, -0.2) is 37.8 Å². The first-order chi connectivity index (χ1) is 14.4. The molecule has 4 aromatic rings. The first-order valence-corrected chi connectivity index (χ1v) is 8.80. The van der Waals surface area contributed by atoms with Crippen LogP contribution in [0.4, 0.5) is 13.2 Å². The Morgan fingerprint density at radius 1 is 1.13 bits per heavy atom. The lowest BCUT2D eigenvalue weighted by molar-refractivity contribution is -0.0133. The van der Waals surface area contributed by atoms with E-state index in [2.05, 4.69) is 30.0 Å². The zero-order chi connectivity index (χ0) is 21.6. The number of rotatable bonds is 5. The second kappa shape index (κ2) is 9.27. The van der Waals surface area contributed by atoms with Gasteiger partial charge < -0.3 is 10.1 Å². The van der Waals surface area contributed by atoms with Gasteiger partial charge in [-0.15, -0.1) is 0 Å². The van der Waals surface area contributed by atoms with Gasteiger partial charge >= 0.3 is 0 Å². The largest absolute Gasteiger partial charge is 0.382 e. The van der Waals surface area contributed by atoms with E-state index in [4.69, 9.17) is 0 Å². The second-order valence-corrected chi connectivity index (χ2v) is 6.38. The highest BCUT2D eigenvalue weighted by Gasteiger charge is 2.41. The van der Waals surface area contributed by atoms with Crippen molar-refractivity contribution >= 4 is 0 Å². The van der Waals surface area contributed by atoms with Crippen molar-refractivity contribution < 1.29 is 18.3 Å². The molecule has 0 bridgehead atoms. The summed E-state index contributed by atoms with van der Waals surface area (Å²) in [5, 5.41) is 15.2. The number of nitrogens with one attached hydrogen (secondary N) is 1. The molecule has 0 saturated heterocycles. The highest BCUT2D eigenvalue weighted by molar-refractivity contribution is 5.30. The first kappa shape index (κ1) is 21.1. The van der Waals surface area contributed by atoms with Crippen LogP contribution in [0.5, 0.6) is 0 Å². The molecule has 0 aliphatic rings. The summed E-state index contributed by atoms with van der Waals surface area (Å²) in [7, 11) is 0. The Morgan fingerprint density at radius 3 is 2.53 bits per heavy atom. The minimum atomic E-state index is -1.96. The van der Waals surface area contributed by atoms with Crippen LogP contribution < -0.4 is 0 Å². The Hall–Kier alpha value is -3.60. The van der Waals surface area contributed by atoms with Crippen molar-refractivity contribution in [2.45, 2.75) is 25.0 Å². The van der Waals surface area contributed by atoms with Gasteiger partial charge in [-0.3, -0.25) is 0 Å². The summed E-state index contributed by atoms with van der Waals surface area (Å²) in [6.45, 7) is 1.26. The molecule has 2 unspecified atom stereocenters.